The van der Waals surface area contributed by atoms with E-state index in [1.807, 2.05) is 0 Å². The lowest BCUT2D eigenvalue weighted by atomic mass is 10.1. The summed E-state index contributed by atoms with van der Waals surface area (Å²) in [5, 5.41) is 0. The largest absolute Gasteiger partial charge is 0.425 e. The molecular weight excluding hydrogens is 267 g/mol. The molecule has 0 spiro atoms. The van der Waals surface area contributed by atoms with Gasteiger partial charge in [-0.05, 0) is 6.92 Å². The monoisotopic (exact) mass is 274 g/mol. The lowest BCUT2D eigenvalue weighted by Gasteiger charge is -2.21. The summed E-state index contributed by atoms with van der Waals surface area (Å²) in [6, 6.07) is 0. The molecule has 0 rings (SSSR count). The quantitative estimate of drug-likeness (QED) is 0.528. The molecule has 1 unspecified atom stereocenters. The van der Waals surface area contributed by atoms with Gasteiger partial charge in [0.05, 0.1) is 0 Å². The van der Waals surface area contributed by atoms with Crippen molar-refractivity contribution in [1.29, 1.82) is 0 Å². The fourth-order valence-corrected chi connectivity index (χ4v) is 0.748. The number of halogens is 9. The molecule has 0 aromatic carbocycles. The minimum atomic E-state index is -5.82. The van der Waals surface area contributed by atoms with Gasteiger partial charge in [-0.3, -0.25) is 0 Å². The van der Waals surface area contributed by atoms with Gasteiger partial charge in [0.25, 0.3) is 12.1 Å². The zero-order valence-corrected chi connectivity index (χ0v) is 8.26. The first-order chi connectivity index (χ1) is 7.28. The molecule has 0 heterocycles. The van der Waals surface area contributed by atoms with Crippen LogP contribution in [0.15, 0.2) is 11.6 Å². The Morgan fingerprint density at radius 2 is 1.41 bits per heavy atom. The number of hydrogen-bond donors (Lipinski definition) is 0. The van der Waals surface area contributed by atoms with E-state index in [9.17, 15) is 39.5 Å². The molecule has 0 bridgehead atoms. The second kappa shape index (κ2) is 4.77. The minimum absolute atomic E-state index is 0.168. The maximum absolute atomic E-state index is 12.6. The van der Waals surface area contributed by atoms with E-state index < -0.39 is 36.4 Å². The third-order valence-corrected chi connectivity index (χ3v) is 1.79. The van der Waals surface area contributed by atoms with Crippen molar-refractivity contribution in [3.05, 3.63) is 11.6 Å². The molecule has 0 nitrogen and oxygen atoms in total. The van der Waals surface area contributed by atoms with Crippen LogP contribution < -0.4 is 0 Å². The molecule has 17 heavy (non-hydrogen) atoms. The van der Waals surface area contributed by atoms with Crippen molar-refractivity contribution in [2.75, 3.05) is 0 Å². The van der Waals surface area contributed by atoms with Crippen LogP contribution in [0.5, 0.6) is 0 Å². The average Bonchev–Trinajstić information content (AvgIpc) is 2.10. The minimum Gasteiger partial charge on any atom is -0.231 e. The molecule has 0 radical (unpaired) electrons. The van der Waals surface area contributed by atoms with E-state index in [4.69, 9.17) is 0 Å². The Bertz CT molecular complexity index is 282. The number of rotatable bonds is 3. The third kappa shape index (κ3) is 4.86. The van der Waals surface area contributed by atoms with Crippen LogP contribution in [0.25, 0.3) is 0 Å². The molecule has 1 atom stereocenters. The van der Waals surface area contributed by atoms with Crippen LogP contribution in [-0.2, 0) is 0 Å². The first-order valence-corrected chi connectivity index (χ1v) is 4.11. The fraction of sp³-hybridized carbons (Fsp3) is 0.750. The molecule has 0 aliphatic rings. The lowest BCUT2D eigenvalue weighted by Crippen LogP contribution is -2.41. The Kier molecular flexibility index (Phi) is 4.52. The van der Waals surface area contributed by atoms with Crippen molar-refractivity contribution < 1.29 is 39.5 Å². The van der Waals surface area contributed by atoms with Gasteiger partial charge in [-0.25, -0.2) is 13.2 Å². The molecule has 0 aliphatic carbocycles. The first kappa shape index (κ1) is 16.1. The Morgan fingerprint density at radius 3 is 1.71 bits per heavy atom. The van der Waals surface area contributed by atoms with Crippen molar-refractivity contribution in [2.45, 2.75) is 37.8 Å². The molecule has 0 fully saturated rings. The summed E-state index contributed by atoms with van der Waals surface area (Å²) < 4.78 is 108. The van der Waals surface area contributed by atoms with E-state index >= 15 is 0 Å². The molecule has 0 aromatic rings. The average molecular weight is 274 g/mol. The normalized spacial score (nSPS) is 17.2. The Balaban J connectivity index is 4.79. The smallest absolute Gasteiger partial charge is 0.231 e. The second-order valence-electron chi connectivity index (χ2n) is 3.25. The van der Waals surface area contributed by atoms with Crippen molar-refractivity contribution in [1.82, 2.24) is 0 Å². The summed E-state index contributed by atoms with van der Waals surface area (Å²) in [5.74, 6) is -4.93. The van der Waals surface area contributed by atoms with Gasteiger partial charge < -0.3 is 0 Å². The van der Waals surface area contributed by atoms with Crippen LogP contribution in [0.4, 0.5) is 39.5 Å². The summed E-state index contributed by atoms with van der Waals surface area (Å²) in [4.78, 5) is 0. The lowest BCUT2D eigenvalue weighted by molar-refractivity contribution is -0.243. The molecule has 0 saturated carbocycles. The maximum Gasteiger partial charge on any atom is 0.425 e. The summed E-state index contributed by atoms with van der Waals surface area (Å²) >= 11 is 0. The standard InChI is InChI=1S/C8H7F9/c1-4(7(12,13)14)2-3-6(10,11)5(9)8(15,16)17/h2,5H,3H2,1H3. The number of hydrogen-bond acceptors (Lipinski definition) is 0. The van der Waals surface area contributed by atoms with Crippen molar-refractivity contribution >= 4 is 0 Å². The number of allylic oxidation sites excluding steroid dienone is 2. The van der Waals surface area contributed by atoms with Gasteiger partial charge in [0.1, 0.15) is 0 Å². The summed E-state index contributed by atoms with van der Waals surface area (Å²) in [6.07, 6.45) is -17.4. The van der Waals surface area contributed by atoms with E-state index in [0.717, 1.165) is 0 Å². The van der Waals surface area contributed by atoms with Crippen LogP contribution in [0.1, 0.15) is 13.3 Å². The van der Waals surface area contributed by atoms with Gasteiger partial charge in [0.15, 0.2) is 0 Å². The van der Waals surface area contributed by atoms with E-state index in [-0.39, 0.29) is 6.08 Å². The van der Waals surface area contributed by atoms with Crippen molar-refractivity contribution in [3.63, 3.8) is 0 Å². The van der Waals surface area contributed by atoms with Gasteiger partial charge in [-0.15, -0.1) is 0 Å². The van der Waals surface area contributed by atoms with E-state index in [1.165, 1.54) is 0 Å². The van der Waals surface area contributed by atoms with Crippen molar-refractivity contribution in [3.8, 4) is 0 Å². The molecule has 102 valence electrons. The zero-order chi connectivity index (χ0) is 14.1. The number of alkyl halides is 9. The summed E-state index contributed by atoms with van der Waals surface area (Å²) in [5.41, 5.74) is -1.51. The van der Waals surface area contributed by atoms with Crippen molar-refractivity contribution in [2.24, 2.45) is 0 Å². The zero-order valence-electron chi connectivity index (χ0n) is 8.26. The van der Waals surface area contributed by atoms with Crippen LogP contribution in [0, 0.1) is 0 Å². The topological polar surface area (TPSA) is 0 Å². The molecular formula is C8H7F9. The second-order valence-corrected chi connectivity index (χ2v) is 3.25. The van der Waals surface area contributed by atoms with Gasteiger partial charge in [0.2, 0.25) is 0 Å². The Labute approximate surface area is 90.1 Å². The van der Waals surface area contributed by atoms with E-state index in [1.54, 1.807) is 0 Å². The van der Waals surface area contributed by atoms with Crippen LogP contribution in [0.3, 0.4) is 0 Å². The highest BCUT2D eigenvalue weighted by molar-refractivity contribution is 5.07. The summed E-state index contributed by atoms with van der Waals surface area (Å²) in [7, 11) is 0. The van der Waals surface area contributed by atoms with Gasteiger partial charge >= 0.3 is 12.4 Å². The molecule has 0 amide bonds. The fourth-order valence-electron chi connectivity index (χ4n) is 0.748. The Morgan fingerprint density at radius 1 is 1.00 bits per heavy atom. The van der Waals surface area contributed by atoms with Gasteiger partial charge in [-0.2, -0.15) is 26.3 Å². The highest BCUT2D eigenvalue weighted by Gasteiger charge is 2.56. The molecule has 0 aliphatic heterocycles. The predicted octanol–water partition coefficient (Wildman–Crippen LogP) is 4.42. The highest BCUT2D eigenvalue weighted by atomic mass is 19.4. The van der Waals surface area contributed by atoms with Gasteiger partial charge in [0, 0.05) is 12.0 Å². The summed E-state index contributed by atoms with van der Waals surface area (Å²) in [6.45, 7) is 0.400. The highest BCUT2D eigenvalue weighted by Crippen LogP contribution is 2.38. The van der Waals surface area contributed by atoms with Crippen LogP contribution >= 0.6 is 0 Å². The van der Waals surface area contributed by atoms with Crippen LogP contribution in [0.2, 0.25) is 0 Å². The van der Waals surface area contributed by atoms with Gasteiger partial charge in [-0.1, -0.05) is 6.08 Å². The first-order valence-electron chi connectivity index (χ1n) is 4.11. The molecule has 0 saturated heterocycles. The third-order valence-electron chi connectivity index (χ3n) is 1.79. The molecule has 0 aromatic heterocycles. The van der Waals surface area contributed by atoms with E-state index in [2.05, 4.69) is 0 Å². The Hall–Kier alpha value is -0.890. The maximum atomic E-state index is 12.6. The SMILES string of the molecule is CC(=CCC(F)(F)C(F)C(F)(F)F)C(F)(F)F. The molecule has 9 heteroatoms. The van der Waals surface area contributed by atoms with Crippen LogP contribution in [-0.4, -0.2) is 24.4 Å². The molecule has 0 N–H and O–H groups in total. The predicted molar refractivity (Wildman–Crippen MR) is 40.3 cm³/mol. The van der Waals surface area contributed by atoms with E-state index in [0.29, 0.717) is 6.92 Å².